The van der Waals surface area contributed by atoms with Crippen molar-refractivity contribution in [2.24, 2.45) is 16.6 Å². The van der Waals surface area contributed by atoms with Crippen LogP contribution >= 0.6 is 0 Å². The van der Waals surface area contributed by atoms with Gasteiger partial charge < -0.3 is 21.0 Å². The van der Waals surface area contributed by atoms with Crippen LogP contribution in [-0.4, -0.2) is 51.7 Å². The van der Waals surface area contributed by atoms with Gasteiger partial charge in [0.05, 0.1) is 11.5 Å². The van der Waals surface area contributed by atoms with Crippen molar-refractivity contribution in [1.29, 1.82) is 0 Å². The number of halogens is 3. The highest BCUT2D eigenvalue weighted by Gasteiger charge is 2.43. The lowest BCUT2D eigenvalue weighted by atomic mass is 10.1. The predicted octanol–water partition coefficient (Wildman–Crippen LogP) is 1.73. The topological polar surface area (TPSA) is 182 Å². The Kier molecular flexibility index (Phi) is 10.9. The SMILES string of the molecule is Cc1ccc(C)c(S(=O)(=O)N[C@@H](Cc2ccc(OCCCON=C(N)N)cc2)C(=O)OOC(=O)C(F)(F)F)c1. The Morgan fingerprint density at radius 1 is 1.03 bits per heavy atom. The molecule has 0 heterocycles. The molecule has 12 nitrogen and oxygen atoms in total. The van der Waals surface area contributed by atoms with Gasteiger partial charge in [-0.25, -0.2) is 27.8 Å². The number of ether oxygens (including phenoxy) is 1. The lowest BCUT2D eigenvalue weighted by Gasteiger charge is -2.18. The molecular weight excluding hydrogens is 549 g/mol. The summed E-state index contributed by atoms with van der Waals surface area (Å²) in [7, 11) is -4.35. The first-order valence-corrected chi connectivity index (χ1v) is 12.7. The Morgan fingerprint density at radius 3 is 2.31 bits per heavy atom. The number of benzene rings is 2. The Bertz CT molecular complexity index is 1280. The van der Waals surface area contributed by atoms with Crippen molar-refractivity contribution in [3.05, 3.63) is 59.2 Å². The number of hydrogen-bond donors (Lipinski definition) is 3. The van der Waals surface area contributed by atoms with Crippen LogP contribution in [0.15, 0.2) is 52.5 Å². The van der Waals surface area contributed by atoms with Gasteiger partial charge in [-0.1, -0.05) is 24.3 Å². The van der Waals surface area contributed by atoms with E-state index in [0.29, 0.717) is 28.9 Å². The van der Waals surface area contributed by atoms with Gasteiger partial charge in [-0.15, -0.1) is 0 Å². The van der Waals surface area contributed by atoms with E-state index in [4.69, 9.17) is 21.0 Å². The highest BCUT2D eigenvalue weighted by molar-refractivity contribution is 7.89. The molecule has 0 radical (unpaired) electrons. The predicted molar refractivity (Wildman–Crippen MR) is 130 cm³/mol. The van der Waals surface area contributed by atoms with Gasteiger partial charge in [0.2, 0.25) is 16.0 Å². The van der Waals surface area contributed by atoms with Crippen LogP contribution in [0.4, 0.5) is 13.2 Å². The summed E-state index contributed by atoms with van der Waals surface area (Å²) in [5.41, 5.74) is 11.6. The van der Waals surface area contributed by atoms with Crippen molar-refractivity contribution in [3.8, 4) is 5.75 Å². The summed E-state index contributed by atoms with van der Waals surface area (Å²) in [5.74, 6) is -4.14. The van der Waals surface area contributed by atoms with Crippen LogP contribution < -0.4 is 20.9 Å². The third kappa shape index (κ3) is 10.3. The van der Waals surface area contributed by atoms with Gasteiger partial charge in [0, 0.05) is 6.42 Å². The molecule has 0 aromatic heterocycles. The van der Waals surface area contributed by atoms with Crippen LogP contribution in [-0.2, 0) is 40.6 Å². The second-order valence-corrected chi connectivity index (χ2v) is 9.80. The molecule has 0 aliphatic carbocycles. The molecule has 2 aromatic carbocycles. The number of carbonyl (C=O) groups is 2. The number of aryl methyl sites for hydroxylation is 2. The van der Waals surface area contributed by atoms with Gasteiger partial charge in [0.1, 0.15) is 18.4 Å². The van der Waals surface area contributed by atoms with E-state index in [-0.39, 0.29) is 30.5 Å². The van der Waals surface area contributed by atoms with Gasteiger partial charge in [0.25, 0.3) is 0 Å². The van der Waals surface area contributed by atoms with E-state index in [1.807, 2.05) is 0 Å². The molecule has 0 unspecified atom stereocenters. The zero-order valence-corrected chi connectivity index (χ0v) is 21.7. The number of nitrogens with two attached hydrogens (primary N) is 2. The number of sulfonamides is 1. The molecular formula is C23H27F3N4O8S. The molecule has 0 aliphatic rings. The fourth-order valence-electron chi connectivity index (χ4n) is 3.00. The summed E-state index contributed by atoms with van der Waals surface area (Å²) in [6.07, 6.45) is -5.34. The molecule has 0 fully saturated rings. The van der Waals surface area contributed by atoms with E-state index in [9.17, 15) is 31.2 Å². The normalized spacial score (nSPS) is 12.2. The van der Waals surface area contributed by atoms with Crippen molar-refractivity contribution in [3.63, 3.8) is 0 Å². The Balaban J connectivity index is 2.15. The lowest BCUT2D eigenvalue weighted by Crippen LogP contribution is -2.44. The minimum Gasteiger partial charge on any atom is -0.493 e. The van der Waals surface area contributed by atoms with Crippen LogP contribution in [0, 0.1) is 13.8 Å². The van der Waals surface area contributed by atoms with Crippen molar-refractivity contribution < 1.29 is 50.5 Å². The van der Waals surface area contributed by atoms with Gasteiger partial charge in [-0.3, -0.25) is 0 Å². The van der Waals surface area contributed by atoms with E-state index < -0.39 is 34.2 Å². The maximum absolute atomic E-state index is 13.0. The Labute approximate surface area is 222 Å². The minimum absolute atomic E-state index is 0.153. The molecule has 0 aliphatic heterocycles. The van der Waals surface area contributed by atoms with Gasteiger partial charge >= 0.3 is 18.1 Å². The van der Waals surface area contributed by atoms with E-state index >= 15 is 0 Å². The molecule has 0 saturated heterocycles. The molecule has 0 amide bonds. The van der Waals surface area contributed by atoms with Crippen molar-refractivity contribution in [2.45, 2.75) is 43.8 Å². The minimum atomic E-state index is -5.43. The number of nitrogens with zero attached hydrogens (tertiary/aromatic N) is 1. The Hall–Kier alpha value is -4.05. The highest BCUT2D eigenvalue weighted by Crippen LogP contribution is 2.20. The van der Waals surface area contributed by atoms with Crippen LogP contribution in [0.1, 0.15) is 23.1 Å². The number of rotatable bonds is 12. The maximum Gasteiger partial charge on any atom is 0.495 e. The summed E-state index contributed by atoms with van der Waals surface area (Å²) in [6, 6.07) is 8.88. The van der Waals surface area contributed by atoms with Gasteiger partial charge in [-0.2, -0.15) is 17.9 Å². The smallest absolute Gasteiger partial charge is 0.493 e. The number of alkyl halides is 3. The number of guanidine groups is 1. The average Bonchev–Trinajstić information content (AvgIpc) is 2.85. The number of carbonyl (C=O) groups excluding carboxylic acids is 2. The average molecular weight is 577 g/mol. The quantitative estimate of drug-likeness (QED) is 0.111. The van der Waals surface area contributed by atoms with E-state index in [1.165, 1.54) is 37.3 Å². The molecule has 0 saturated carbocycles. The van der Waals surface area contributed by atoms with E-state index in [2.05, 4.69) is 19.7 Å². The fraction of sp³-hybridized carbons (Fsp3) is 0.348. The number of oxime groups is 1. The first kappa shape index (κ1) is 31.2. The van der Waals surface area contributed by atoms with Crippen LogP contribution in [0.2, 0.25) is 0 Å². The van der Waals surface area contributed by atoms with Crippen molar-refractivity contribution in [1.82, 2.24) is 4.72 Å². The molecule has 0 spiro atoms. The molecule has 5 N–H and O–H groups in total. The third-order valence-electron chi connectivity index (χ3n) is 4.83. The molecule has 0 bridgehead atoms. The molecule has 2 rings (SSSR count). The zero-order chi connectivity index (χ0) is 29.2. The first-order chi connectivity index (χ1) is 18.2. The molecule has 1 atom stereocenters. The molecule has 39 heavy (non-hydrogen) atoms. The highest BCUT2D eigenvalue weighted by atomic mass is 32.2. The number of nitrogens with one attached hydrogen (secondary N) is 1. The van der Waals surface area contributed by atoms with E-state index in [1.54, 1.807) is 19.1 Å². The second kappa shape index (κ2) is 13.7. The molecule has 16 heteroatoms. The van der Waals surface area contributed by atoms with Crippen LogP contribution in [0.5, 0.6) is 5.75 Å². The summed E-state index contributed by atoms with van der Waals surface area (Å²) in [6.45, 7) is 3.62. The molecule has 2 aromatic rings. The van der Waals surface area contributed by atoms with Gasteiger partial charge in [-0.05, 0) is 60.3 Å². The number of hydrogen-bond acceptors (Lipinski definition) is 9. The lowest BCUT2D eigenvalue weighted by molar-refractivity contribution is -0.286. The third-order valence-corrected chi connectivity index (χ3v) is 6.44. The summed E-state index contributed by atoms with van der Waals surface area (Å²) >= 11 is 0. The van der Waals surface area contributed by atoms with Crippen LogP contribution in [0.3, 0.4) is 0 Å². The van der Waals surface area contributed by atoms with Gasteiger partial charge in [0.15, 0.2) is 0 Å². The summed E-state index contributed by atoms with van der Waals surface area (Å²) in [4.78, 5) is 35.7. The molecule has 214 valence electrons. The van der Waals surface area contributed by atoms with E-state index in [0.717, 1.165) is 0 Å². The second-order valence-electron chi connectivity index (χ2n) is 8.11. The maximum atomic E-state index is 13.0. The Morgan fingerprint density at radius 2 is 1.69 bits per heavy atom. The zero-order valence-electron chi connectivity index (χ0n) is 20.9. The largest absolute Gasteiger partial charge is 0.495 e. The first-order valence-electron chi connectivity index (χ1n) is 11.2. The summed E-state index contributed by atoms with van der Waals surface area (Å²) in [5, 5.41) is 3.36. The van der Waals surface area contributed by atoms with Crippen LogP contribution in [0.25, 0.3) is 0 Å². The summed E-state index contributed by atoms with van der Waals surface area (Å²) < 4.78 is 71.0. The van der Waals surface area contributed by atoms with Crippen molar-refractivity contribution >= 4 is 27.9 Å². The monoisotopic (exact) mass is 576 g/mol. The van der Waals surface area contributed by atoms with Crippen molar-refractivity contribution in [2.75, 3.05) is 13.2 Å². The standard InChI is InChI=1S/C23H27F3N4O8S/c1-14-4-5-15(2)19(12-14)39(33,34)30-18(20(31)37-38-21(32)23(24,25)26)13-16-6-8-17(9-7-16)35-10-3-11-36-29-22(27)28/h4-9,12,18,30H,3,10-11,13H2,1-2H3,(H4,27,28,29)/t18-/m0/s1. The fourth-order valence-corrected chi connectivity index (χ4v) is 4.51.